The van der Waals surface area contributed by atoms with Gasteiger partial charge in [-0.1, -0.05) is 36.6 Å². The average molecular weight is 475 g/mol. The van der Waals surface area contributed by atoms with Gasteiger partial charge in [-0.15, -0.1) is 0 Å². The summed E-state index contributed by atoms with van der Waals surface area (Å²) in [5.41, 5.74) is 1.61. The van der Waals surface area contributed by atoms with Crippen LogP contribution in [-0.4, -0.2) is 28.7 Å². The van der Waals surface area contributed by atoms with Crippen molar-refractivity contribution in [3.05, 3.63) is 63.5 Å². The van der Waals surface area contributed by atoms with Crippen LogP contribution in [0.2, 0.25) is 5.02 Å². The molecule has 0 aliphatic heterocycles. The summed E-state index contributed by atoms with van der Waals surface area (Å²) in [4.78, 5) is 20.4. The molecule has 0 amide bonds. The number of aryl methyl sites for hydroxylation is 2. The average Bonchev–Trinajstić information content (AvgIpc) is 3.56. The van der Waals surface area contributed by atoms with Gasteiger partial charge < -0.3 is 9.30 Å². The first-order valence-electron chi connectivity index (χ1n) is 10.2. The maximum absolute atomic E-state index is 12.6. The normalized spacial score (nSPS) is 13.7. The van der Waals surface area contributed by atoms with Crippen molar-refractivity contribution in [3.8, 4) is 23.0 Å². The number of sulfonamides is 1. The SMILES string of the molecule is Cc1cccc(Cl)c1Oc1nc(NS(=O)(=O)CCC2CC2)cc(-c2ccc(=O)n(C)c2)n1. The third kappa shape index (κ3) is 5.46. The fourth-order valence-corrected chi connectivity index (χ4v) is 4.62. The highest BCUT2D eigenvalue weighted by Gasteiger charge is 2.24. The lowest BCUT2D eigenvalue weighted by atomic mass is 10.2. The second-order valence-corrected chi connectivity index (χ2v) is 10.2. The number of rotatable bonds is 8. The number of nitrogens with one attached hydrogen (secondary N) is 1. The lowest BCUT2D eigenvalue weighted by Crippen LogP contribution is -2.18. The van der Waals surface area contributed by atoms with Gasteiger partial charge in [0.2, 0.25) is 15.6 Å². The van der Waals surface area contributed by atoms with Gasteiger partial charge in [-0.25, -0.2) is 8.42 Å². The molecule has 0 radical (unpaired) electrons. The second kappa shape index (κ2) is 8.91. The molecule has 0 spiro atoms. The number of hydrogen-bond acceptors (Lipinski definition) is 6. The molecule has 3 aromatic rings. The first-order chi connectivity index (χ1) is 15.2. The van der Waals surface area contributed by atoms with Gasteiger partial charge in [0.15, 0.2) is 5.75 Å². The van der Waals surface area contributed by atoms with Gasteiger partial charge in [-0.3, -0.25) is 9.52 Å². The third-order valence-corrected chi connectivity index (χ3v) is 6.79. The predicted octanol–water partition coefficient (Wildman–Crippen LogP) is 4.14. The van der Waals surface area contributed by atoms with Gasteiger partial charge in [0.1, 0.15) is 5.82 Å². The Morgan fingerprint density at radius 1 is 1.22 bits per heavy atom. The Bertz CT molecular complexity index is 1300. The lowest BCUT2D eigenvalue weighted by Gasteiger charge is -2.13. The molecule has 10 heteroatoms. The van der Waals surface area contributed by atoms with Crippen LogP contribution in [0.5, 0.6) is 11.8 Å². The van der Waals surface area contributed by atoms with Crippen LogP contribution >= 0.6 is 11.6 Å². The molecule has 0 bridgehead atoms. The van der Waals surface area contributed by atoms with Crippen molar-refractivity contribution in [2.45, 2.75) is 26.2 Å². The van der Waals surface area contributed by atoms with Crippen molar-refractivity contribution in [1.82, 2.24) is 14.5 Å². The highest BCUT2D eigenvalue weighted by atomic mass is 35.5. The number of ether oxygens (including phenoxy) is 1. The standard InChI is InChI=1S/C22H23ClN4O4S/c1-14-4-3-5-17(23)21(14)31-22-24-18(16-8-9-20(28)27(2)13-16)12-19(25-22)26-32(29,30)11-10-15-6-7-15/h3-5,8-9,12-13,15H,6-7,10-11H2,1-2H3,(H,24,25,26). The Morgan fingerprint density at radius 2 is 2.00 bits per heavy atom. The van der Waals surface area contributed by atoms with E-state index in [0.29, 0.717) is 34.4 Å². The molecule has 2 heterocycles. The number of pyridine rings is 1. The Morgan fingerprint density at radius 3 is 2.69 bits per heavy atom. The molecule has 0 unspecified atom stereocenters. The molecule has 0 atom stereocenters. The smallest absolute Gasteiger partial charge is 0.324 e. The summed E-state index contributed by atoms with van der Waals surface area (Å²) in [5.74, 6) is 0.977. The quantitative estimate of drug-likeness (QED) is 0.526. The van der Waals surface area contributed by atoms with Crippen LogP contribution in [-0.2, 0) is 17.1 Å². The van der Waals surface area contributed by atoms with Crippen LogP contribution in [0, 0.1) is 12.8 Å². The molecule has 1 N–H and O–H groups in total. The van der Waals surface area contributed by atoms with Crippen molar-refractivity contribution in [2.75, 3.05) is 10.5 Å². The van der Waals surface area contributed by atoms with E-state index in [0.717, 1.165) is 18.4 Å². The summed E-state index contributed by atoms with van der Waals surface area (Å²) < 4.78 is 35.0. The lowest BCUT2D eigenvalue weighted by molar-refractivity contribution is 0.440. The van der Waals surface area contributed by atoms with Crippen molar-refractivity contribution in [2.24, 2.45) is 13.0 Å². The number of anilines is 1. The molecule has 168 valence electrons. The molecule has 8 nitrogen and oxygen atoms in total. The zero-order valence-corrected chi connectivity index (χ0v) is 19.3. The summed E-state index contributed by atoms with van der Waals surface area (Å²) in [6, 6.07) is 9.79. The van der Waals surface area contributed by atoms with E-state index >= 15 is 0 Å². The summed E-state index contributed by atoms with van der Waals surface area (Å²) in [7, 11) is -1.96. The molecule has 1 fully saturated rings. The highest BCUT2D eigenvalue weighted by molar-refractivity contribution is 7.92. The van der Waals surface area contributed by atoms with Gasteiger partial charge in [0.25, 0.3) is 0 Å². The maximum atomic E-state index is 12.6. The number of para-hydroxylation sites is 1. The second-order valence-electron chi connectivity index (χ2n) is 7.93. The highest BCUT2D eigenvalue weighted by Crippen LogP contribution is 2.34. The van der Waals surface area contributed by atoms with E-state index in [4.69, 9.17) is 16.3 Å². The van der Waals surface area contributed by atoms with E-state index in [1.807, 2.05) is 13.0 Å². The van der Waals surface area contributed by atoms with Crippen molar-refractivity contribution in [1.29, 1.82) is 0 Å². The zero-order valence-electron chi connectivity index (χ0n) is 17.7. The Hall–Kier alpha value is -2.91. The molecule has 1 aliphatic carbocycles. The van der Waals surface area contributed by atoms with E-state index in [-0.39, 0.29) is 23.1 Å². The van der Waals surface area contributed by atoms with E-state index in [9.17, 15) is 13.2 Å². The number of hydrogen-bond donors (Lipinski definition) is 1. The van der Waals surface area contributed by atoms with Gasteiger partial charge in [0, 0.05) is 30.9 Å². The first kappa shape index (κ1) is 22.3. The van der Waals surface area contributed by atoms with Gasteiger partial charge >= 0.3 is 6.01 Å². The maximum Gasteiger partial charge on any atom is 0.324 e. The fourth-order valence-electron chi connectivity index (χ4n) is 3.19. The molecular formula is C22H23ClN4O4S. The Kier molecular flexibility index (Phi) is 6.21. The largest absolute Gasteiger partial charge is 0.422 e. The molecule has 2 aromatic heterocycles. The minimum atomic E-state index is -3.59. The Balaban J connectivity index is 1.72. The molecule has 1 aromatic carbocycles. The summed E-state index contributed by atoms with van der Waals surface area (Å²) in [5, 5.41) is 0.382. The van der Waals surface area contributed by atoms with Crippen molar-refractivity contribution >= 4 is 27.4 Å². The van der Waals surface area contributed by atoms with Crippen LogP contribution in [0.1, 0.15) is 24.8 Å². The zero-order chi connectivity index (χ0) is 22.9. The summed E-state index contributed by atoms with van der Waals surface area (Å²) >= 11 is 6.27. The molecule has 4 rings (SSSR count). The van der Waals surface area contributed by atoms with Crippen LogP contribution in [0.25, 0.3) is 11.3 Å². The number of halogens is 1. The molecule has 32 heavy (non-hydrogen) atoms. The number of nitrogens with zero attached hydrogens (tertiary/aromatic N) is 3. The van der Waals surface area contributed by atoms with E-state index in [1.165, 1.54) is 16.7 Å². The summed E-state index contributed by atoms with van der Waals surface area (Å²) in [6.07, 6.45) is 4.39. The van der Waals surface area contributed by atoms with E-state index < -0.39 is 10.0 Å². The number of benzene rings is 1. The van der Waals surface area contributed by atoms with E-state index in [2.05, 4.69) is 14.7 Å². The van der Waals surface area contributed by atoms with Crippen molar-refractivity contribution in [3.63, 3.8) is 0 Å². The first-order valence-corrected chi connectivity index (χ1v) is 12.2. The van der Waals surface area contributed by atoms with E-state index in [1.54, 1.807) is 31.4 Å². The van der Waals surface area contributed by atoms with Crippen LogP contribution in [0.3, 0.4) is 0 Å². The molecule has 1 aliphatic rings. The van der Waals surface area contributed by atoms with Gasteiger partial charge in [0.05, 0.1) is 16.5 Å². The van der Waals surface area contributed by atoms with Gasteiger partial charge in [-0.2, -0.15) is 9.97 Å². The molecule has 0 saturated heterocycles. The van der Waals surface area contributed by atoms with Crippen LogP contribution < -0.4 is 15.0 Å². The third-order valence-electron chi connectivity index (χ3n) is 5.20. The molecular weight excluding hydrogens is 452 g/mol. The topological polar surface area (TPSA) is 103 Å². The number of aromatic nitrogens is 3. The van der Waals surface area contributed by atoms with Crippen LogP contribution in [0.4, 0.5) is 5.82 Å². The minimum absolute atomic E-state index is 0.0245. The minimum Gasteiger partial charge on any atom is -0.422 e. The van der Waals surface area contributed by atoms with Crippen molar-refractivity contribution < 1.29 is 13.2 Å². The molecule has 1 saturated carbocycles. The van der Waals surface area contributed by atoms with Crippen LogP contribution in [0.15, 0.2) is 47.4 Å². The van der Waals surface area contributed by atoms with Gasteiger partial charge in [-0.05, 0) is 37.0 Å². The monoisotopic (exact) mass is 474 g/mol. The fraction of sp³-hybridized carbons (Fsp3) is 0.318. The predicted molar refractivity (Wildman–Crippen MR) is 124 cm³/mol. The Labute approximate surface area is 191 Å². The summed E-state index contributed by atoms with van der Waals surface area (Å²) in [6.45, 7) is 1.83.